The first-order valence-corrected chi connectivity index (χ1v) is 5.58. The number of hydrogen-bond acceptors (Lipinski definition) is 6. The standard InChI is InChI=1S/C10H20N2O6/c11-8(15)17-7-1-2-10(3-5-13,4-6-14)18-9(12)16/h13-14H,1-7H2,(H2,11,15)(H2,12,16). The molecule has 0 aliphatic rings. The lowest BCUT2D eigenvalue weighted by molar-refractivity contribution is -0.0284. The molecule has 0 rings (SSSR count). The number of amides is 2. The maximum absolute atomic E-state index is 10.8. The number of ether oxygens (including phenoxy) is 2. The van der Waals surface area contributed by atoms with E-state index in [9.17, 15) is 9.59 Å². The summed E-state index contributed by atoms with van der Waals surface area (Å²) in [7, 11) is 0. The molecule has 18 heavy (non-hydrogen) atoms. The van der Waals surface area contributed by atoms with Crippen LogP contribution in [0, 0.1) is 0 Å². The van der Waals surface area contributed by atoms with Crippen LogP contribution in [-0.2, 0) is 9.47 Å². The second kappa shape index (κ2) is 8.54. The predicted molar refractivity (Wildman–Crippen MR) is 61.6 cm³/mol. The quantitative estimate of drug-likeness (QED) is 0.411. The number of primary amides is 2. The van der Waals surface area contributed by atoms with E-state index in [4.69, 9.17) is 26.4 Å². The molecule has 0 heterocycles. The lowest BCUT2D eigenvalue weighted by Crippen LogP contribution is -2.39. The van der Waals surface area contributed by atoms with E-state index in [0.717, 1.165) is 0 Å². The molecular formula is C10H20N2O6. The Morgan fingerprint density at radius 1 is 1.00 bits per heavy atom. The van der Waals surface area contributed by atoms with E-state index in [-0.39, 0.29) is 32.7 Å². The third-order valence-corrected chi connectivity index (χ3v) is 2.47. The number of rotatable bonds is 9. The van der Waals surface area contributed by atoms with Crippen LogP contribution in [0.3, 0.4) is 0 Å². The normalized spacial score (nSPS) is 11.0. The molecular weight excluding hydrogens is 244 g/mol. The predicted octanol–water partition coefficient (Wildman–Crippen LogP) is -0.539. The molecule has 0 saturated carbocycles. The Morgan fingerprint density at radius 2 is 1.56 bits per heavy atom. The highest BCUT2D eigenvalue weighted by Crippen LogP contribution is 2.26. The van der Waals surface area contributed by atoms with Gasteiger partial charge in [-0.25, -0.2) is 9.59 Å². The van der Waals surface area contributed by atoms with Gasteiger partial charge in [-0.15, -0.1) is 0 Å². The number of aliphatic hydroxyl groups excluding tert-OH is 2. The summed E-state index contributed by atoms with van der Waals surface area (Å²) in [6.07, 6.45) is -0.908. The number of nitrogens with two attached hydrogens (primary N) is 2. The summed E-state index contributed by atoms with van der Waals surface area (Å²) in [5.74, 6) is 0. The van der Waals surface area contributed by atoms with Gasteiger partial charge in [0.15, 0.2) is 0 Å². The van der Waals surface area contributed by atoms with Crippen molar-refractivity contribution in [2.45, 2.75) is 31.3 Å². The first kappa shape index (κ1) is 16.5. The molecule has 0 atom stereocenters. The van der Waals surface area contributed by atoms with Crippen LogP contribution in [0.2, 0.25) is 0 Å². The second-order valence-corrected chi connectivity index (χ2v) is 3.82. The summed E-state index contributed by atoms with van der Waals surface area (Å²) in [4.78, 5) is 21.2. The van der Waals surface area contributed by atoms with Crippen molar-refractivity contribution < 1.29 is 29.3 Å². The summed E-state index contributed by atoms with van der Waals surface area (Å²) in [6, 6.07) is 0. The van der Waals surface area contributed by atoms with Crippen LogP contribution in [0.4, 0.5) is 9.59 Å². The molecule has 106 valence electrons. The van der Waals surface area contributed by atoms with Crippen LogP contribution in [0.5, 0.6) is 0 Å². The van der Waals surface area contributed by atoms with Gasteiger partial charge in [-0.3, -0.25) is 0 Å². The Morgan fingerprint density at radius 3 is 1.94 bits per heavy atom. The minimum atomic E-state index is -1.05. The molecule has 0 saturated heterocycles. The molecule has 0 aromatic heterocycles. The van der Waals surface area contributed by atoms with Gasteiger partial charge in [0.2, 0.25) is 0 Å². The summed E-state index contributed by atoms with van der Waals surface area (Å²) in [6.45, 7) is -0.371. The number of carbonyl (C=O) groups excluding carboxylic acids is 2. The fourth-order valence-electron chi connectivity index (χ4n) is 1.72. The van der Waals surface area contributed by atoms with Crippen molar-refractivity contribution in [2.75, 3.05) is 19.8 Å². The van der Waals surface area contributed by atoms with Crippen LogP contribution in [0.25, 0.3) is 0 Å². The van der Waals surface area contributed by atoms with Crippen molar-refractivity contribution in [1.29, 1.82) is 0 Å². The van der Waals surface area contributed by atoms with Gasteiger partial charge in [-0.2, -0.15) is 0 Å². The van der Waals surface area contributed by atoms with Gasteiger partial charge in [0, 0.05) is 26.1 Å². The Bertz CT molecular complexity index is 265. The van der Waals surface area contributed by atoms with E-state index in [2.05, 4.69) is 4.74 Å². The fourth-order valence-corrected chi connectivity index (χ4v) is 1.72. The zero-order valence-electron chi connectivity index (χ0n) is 10.1. The SMILES string of the molecule is NC(=O)OCCCC(CCO)(CCO)OC(N)=O. The maximum Gasteiger partial charge on any atom is 0.405 e. The van der Waals surface area contributed by atoms with Crippen molar-refractivity contribution in [3.63, 3.8) is 0 Å². The summed E-state index contributed by atoms with van der Waals surface area (Å²) >= 11 is 0. The molecule has 8 heteroatoms. The van der Waals surface area contributed by atoms with E-state index >= 15 is 0 Å². The fraction of sp³-hybridized carbons (Fsp3) is 0.800. The molecule has 2 amide bonds. The highest BCUT2D eigenvalue weighted by atomic mass is 16.6. The van der Waals surface area contributed by atoms with Gasteiger partial charge in [0.05, 0.1) is 6.61 Å². The Kier molecular flexibility index (Phi) is 7.81. The van der Waals surface area contributed by atoms with E-state index in [0.29, 0.717) is 12.8 Å². The largest absolute Gasteiger partial charge is 0.450 e. The lowest BCUT2D eigenvalue weighted by Gasteiger charge is -2.31. The minimum absolute atomic E-state index is 0.0655. The molecule has 0 spiro atoms. The average molecular weight is 264 g/mol. The third kappa shape index (κ3) is 6.92. The molecule has 0 fully saturated rings. The highest BCUT2D eigenvalue weighted by molar-refractivity contribution is 5.65. The number of aliphatic hydroxyl groups is 2. The Hall–Kier alpha value is -1.54. The van der Waals surface area contributed by atoms with E-state index < -0.39 is 17.8 Å². The van der Waals surface area contributed by atoms with Crippen molar-refractivity contribution in [3.05, 3.63) is 0 Å². The molecule has 0 bridgehead atoms. The van der Waals surface area contributed by atoms with Gasteiger partial charge in [-0.05, 0) is 12.8 Å². The summed E-state index contributed by atoms with van der Waals surface area (Å²) in [5, 5.41) is 17.9. The average Bonchev–Trinajstić information content (AvgIpc) is 2.24. The molecule has 0 radical (unpaired) electrons. The highest BCUT2D eigenvalue weighted by Gasteiger charge is 2.32. The monoisotopic (exact) mass is 264 g/mol. The molecule has 0 unspecified atom stereocenters. The lowest BCUT2D eigenvalue weighted by atomic mass is 9.90. The first-order valence-electron chi connectivity index (χ1n) is 5.58. The molecule has 0 aliphatic heterocycles. The van der Waals surface area contributed by atoms with Crippen LogP contribution < -0.4 is 11.5 Å². The van der Waals surface area contributed by atoms with Gasteiger partial charge in [0.25, 0.3) is 0 Å². The van der Waals surface area contributed by atoms with Crippen LogP contribution in [0.1, 0.15) is 25.7 Å². The Balaban J connectivity index is 4.40. The van der Waals surface area contributed by atoms with Gasteiger partial charge in [-0.1, -0.05) is 0 Å². The molecule has 0 aliphatic carbocycles. The second-order valence-electron chi connectivity index (χ2n) is 3.82. The third-order valence-electron chi connectivity index (χ3n) is 2.47. The molecule has 0 aromatic rings. The minimum Gasteiger partial charge on any atom is -0.450 e. The summed E-state index contributed by atoms with van der Waals surface area (Å²) < 4.78 is 9.51. The molecule has 6 N–H and O–H groups in total. The summed E-state index contributed by atoms with van der Waals surface area (Å²) in [5.41, 5.74) is 8.71. The van der Waals surface area contributed by atoms with Crippen molar-refractivity contribution in [1.82, 2.24) is 0 Å². The van der Waals surface area contributed by atoms with Crippen LogP contribution in [-0.4, -0.2) is 47.8 Å². The van der Waals surface area contributed by atoms with Gasteiger partial charge < -0.3 is 31.2 Å². The molecule has 8 nitrogen and oxygen atoms in total. The zero-order chi connectivity index (χ0) is 14.0. The van der Waals surface area contributed by atoms with Crippen LogP contribution in [0.15, 0.2) is 0 Å². The maximum atomic E-state index is 10.8. The molecule has 0 aromatic carbocycles. The van der Waals surface area contributed by atoms with Crippen LogP contribution >= 0.6 is 0 Å². The number of carbonyl (C=O) groups is 2. The smallest absolute Gasteiger partial charge is 0.405 e. The van der Waals surface area contributed by atoms with Gasteiger partial charge >= 0.3 is 12.2 Å². The van der Waals surface area contributed by atoms with Gasteiger partial charge in [0.1, 0.15) is 5.60 Å². The van der Waals surface area contributed by atoms with Crippen molar-refractivity contribution >= 4 is 12.2 Å². The zero-order valence-corrected chi connectivity index (χ0v) is 10.1. The van der Waals surface area contributed by atoms with E-state index in [1.807, 2.05) is 0 Å². The Labute approximate surface area is 105 Å². The number of hydrogen-bond donors (Lipinski definition) is 4. The van der Waals surface area contributed by atoms with E-state index in [1.165, 1.54) is 0 Å². The topological polar surface area (TPSA) is 145 Å². The first-order chi connectivity index (χ1) is 8.45. The van der Waals surface area contributed by atoms with E-state index in [1.54, 1.807) is 0 Å². The van der Waals surface area contributed by atoms with Crippen molar-refractivity contribution in [2.24, 2.45) is 11.5 Å². The van der Waals surface area contributed by atoms with Crippen molar-refractivity contribution in [3.8, 4) is 0 Å².